The van der Waals surface area contributed by atoms with Gasteiger partial charge in [-0.2, -0.15) is 13.2 Å². The number of alkyl halides is 3. The topological polar surface area (TPSA) is 19.0 Å². The molecule has 1 aliphatic heterocycles. The first-order chi connectivity index (χ1) is 9.05. The monoisotopic (exact) mass is 268 g/mol. The molecule has 2 heterocycles. The maximum absolute atomic E-state index is 12.7. The normalized spacial score (nSPS) is 17.1. The lowest BCUT2D eigenvalue weighted by Crippen LogP contribution is -2.29. The van der Waals surface area contributed by atoms with Gasteiger partial charge in [0, 0.05) is 30.2 Å². The highest BCUT2D eigenvalue weighted by Gasteiger charge is 2.30. The molecule has 2 nitrogen and oxygen atoms in total. The fourth-order valence-corrected chi connectivity index (χ4v) is 2.68. The molecule has 1 N–H and O–H groups in total. The SMILES string of the molecule is FC(F)(F)c1ccc2c(N3CCCCC3)c[nH]c2c1. The van der Waals surface area contributed by atoms with Gasteiger partial charge in [0.05, 0.1) is 11.3 Å². The van der Waals surface area contributed by atoms with Crippen LogP contribution in [0.15, 0.2) is 24.4 Å². The van der Waals surface area contributed by atoms with Crippen LogP contribution in [0.3, 0.4) is 0 Å². The lowest BCUT2D eigenvalue weighted by molar-refractivity contribution is -0.137. The number of aromatic amines is 1. The zero-order valence-corrected chi connectivity index (χ0v) is 10.4. The van der Waals surface area contributed by atoms with E-state index in [1.54, 1.807) is 6.07 Å². The zero-order chi connectivity index (χ0) is 13.5. The number of anilines is 1. The molecule has 2 aromatic rings. The minimum atomic E-state index is -4.29. The third-order valence-electron chi connectivity index (χ3n) is 3.68. The van der Waals surface area contributed by atoms with Crippen molar-refractivity contribution in [3.05, 3.63) is 30.0 Å². The molecule has 102 valence electrons. The van der Waals surface area contributed by atoms with Crippen molar-refractivity contribution < 1.29 is 13.2 Å². The quantitative estimate of drug-likeness (QED) is 0.822. The Kier molecular flexibility index (Phi) is 2.92. The number of aromatic nitrogens is 1. The van der Waals surface area contributed by atoms with Gasteiger partial charge >= 0.3 is 6.18 Å². The highest BCUT2D eigenvalue weighted by Crippen LogP contribution is 2.34. The van der Waals surface area contributed by atoms with E-state index in [1.165, 1.54) is 12.5 Å². The molecule has 1 aromatic heterocycles. The van der Waals surface area contributed by atoms with Crippen LogP contribution in [-0.4, -0.2) is 18.1 Å². The molecule has 1 aromatic carbocycles. The number of rotatable bonds is 1. The van der Waals surface area contributed by atoms with E-state index in [-0.39, 0.29) is 0 Å². The van der Waals surface area contributed by atoms with Gasteiger partial charge in [-0.05, 0) is 31.4 Å². The summed E-state index contributed by atoms with van der Waals surface area (Å²) in [6, 6.07) is 3.91. The summed E-state index contributed by atoms with van der Waals surface area (Å²) in [5.41, 5.74) is 0.964. The molecule has 0 atom stereocenters. The molecule has 0 saturated carbocycles. The molecule has 1 fully saturated rings. The van der Waals surface area contributed by atoms with Crippen LogP contribution in [0.5, 0.6) is 0 Å². The first-order valence-electron chi connectivity index (χ1n) is 6.49. The van der Waals surface area contributed by atoms with Gasteiger partial charge in [-0.15, -0.1) is 0 Å². The standard InChI is InChI=1S/C14H15F3N2/c15-14(16,17)10-4-5-11-12(8-10)18-9-13(11)19-6-2-1-3-7-19/h4-5,8-9,18H,1-3,6-7H2. The first-order valence-corrected chi connectivity index (χ1v) is 6.49. The molecule has 0 bridgehead atoms. The molecule has 0 spiro atoms. The van der Waals surface area contributed by atoms with E-state index in [0.29, 0.717) is 5.52 Å². The lowest BCUT2D eigenvalue weighted by atomic mass is 10.1. The van der Waals surface area contributed by atoms with Gasteiger partial charge in [-0.1, -0.05) is 6.07 Å². The van der Waals surface area contributed by atoms with E-state index in [0.717, 1.165) is 43.1 Å². The summed E-state index contributed by atoms with van der Waals surface area (Å²) in [6.07, 6.45) is 1.05. The number of nitrogens with one attached hydrogen (secondary N) is 1. The van der Waals surface area contributed by atoms with Crippen LogP contribution in [0.4, 0.5) is 18.9 Å². The van der Waals surface area contributed by atoms with Crippen molar-refractivity contribution >= 4 is 16.6 Å². The van der Waals surface area contributed by atoms with Crippen LogP contribution in [0.1, 0.15) is 24.8 Å². The van der Waals surface area contributed by atoms with Crippen molar-refractivity contribution in [2.75, 3.05) is 18.0 Å². The molecular weight excluding hydrogens is 253 g/mol. The molecule has 0 aliphatic carbocycles. The van der Waals surface area contributed by atoms with Crippen LogP contribution >= 0.6 is 0 Å². The second kappa shape index (κ2) is 4.47. The Bertz CT molecular complexity index is 580. The molecule has 0 unspecified atom stereocenters. The predicted octanol–water partition coefficient (Wildman–Crippen LogP) is 4.18. The zero-order valence-electron chi connectivity index (χ0n) is 10.4. The third kappa shape index (κ3) is 2.29. The number of H-pyrrole nitrogens is 1. The number of benzene rings is 1. The fourth-order valence-electron chi connectivity index (χ4n) is 2.68. The number of nitrogens with zero attached hydrogens (tertiary/aromatic N) is 1. The Morgan fingerprint density at radius 3 is 2.47 bits per heavy atom. The third-order valence-corrected chi connectivity index (χ3v) is 3.68. The summed E-state index contributed by atoms with van der Waals surface area (Å²) in [7, 11) is 0. The largest absolute Gasteiger partial charge is 0.416 e. The average Bonchev–Trinajstić information content (AvgIpc) is 2.81. The van der Waals surface area contributed by atoms with Gasteiger partial charge in [-0.3, -0.25) is 0 Å². The molecule has 5 heteroatoms. The number of hydrogen-bond donors (Lipinski definition) is 1. The smallest absolute Gasteiger partial charge is 0.370 e. The average molecular weight is 268 g/mol. The second-order valence-corrected chi connectivity index (χ2v) is 4.98. The molecule has 0 radical (unpaired) electrons. The van der Waals surface area contributed by atoms with Crippen LogP contribution in [0, 0.1) is 0 Å². The van der Waals surface area contributed by atoms with Crippen molar-refractivity contribution in [3.63, 3.8) is 0 Å². The summed E-state index contributed by atoms with van der Waals surface area (Å²) in [4.78, 5) is 5.20. The van der Waals surface area contributed by atoms with Gasteiger partial charge in [0.2, 0.25) is 0 Å². The van der Waals surface area contributed by atoms with Gasteiger partial charge in [0.1, 0.15) is 0 Å². The molecule has 19 heavy (non-hydrogen) atoms. The van der Waals surface area contributed by atoms with Crippen molar-refractivity contribution in [1.29, 1.82) is 0 Å². The predicted molar refractivity (Wildman–Crippen MR) is 69.4 cm³/mol. The van der Waals surface area contributed by atoms with Crippen LogP contribution in [0.2, 0.25) is 0 Å². The van der Waals surface area contributed by atoms with E-state index < -0.39 is 11.7 Å². The Morgan fingerprint density at radius 2 is 1.79 bits per heavy atom. The van der Waals surface area contributed by atoms with Gasteiger partial charge in [0.15, 0.2) is 0 Å². The second-order valence-electron chi connectivity index (χ2n) is 4.98. The fraction of sp³-hybridized carbons (Fsp3) is 0.429. The van der Waals surface area contributed by atoms with Crippen molar-refractivity contribution in [2.45, 2.75) is 25.4 Å². The Labute approximate surface area is 109 Å². The summed E-state index contributed by atoms with van der Waals surface area (Å²) in [5, 5.41) is 0.870. The van der Waals surface area contributed by atoms with E-state index in [2.05, 4.69) is 9.88 Å². The molecule has 1 saturated heterocycles. The number of halogens is 3. The van der Waals surface area contributed by atoms with E-state index in [9.17, 15) is 13.2 Å². The van der Waals surface area contributed by atoms with Crippen LogP contribution in [0.25, 0.3) is 10.9 Å². The van der Waals surface area contributed by atoms with Crippen molar-refractivity contribution in [3.8, 4) is 0 Å². The highest BCUT2D eigenvalue weighted by atomic mass is 19.4. The Balaban J connectivity index is 2.00. The maximum Gasteiger partial charge on any atom is 0.416 e. The van der Waals surface area contributed by atoms with Gasteiger partial charge in [0.25, 0.3) is 0 Å². The van der Waals surface area contributed by atoms with Crippen molar-refractivity contribution in [2.24, 2.45) is 0 Å². The highest BCUT2D eigenvalue weighted by molar-refractivity contribution is 5.93. The molecule has 0 amide bonds. The summed E-state index contributed by atoms with van der Waals surface area (Å²) in [5.74, 6) is 0. The number of piperidine rings is 1. The summed E-state index contributed by atoms with van der Waals surface area (Å²) in [6.45, 7) is 1.96. The lowest BCUT2D eigenvalue weighted by Gasteiger charge is -2.28. The van der Waals surface area contributed by atoms with E-state index >= 15 is 0 Å². The molecular formula is C14H15F3N2. The summed E-state index contributed by atoms with van der Waals surface area (Å²) < 4.78 is 38.0. The molecule has 3 rings (SSSR count). The Hall–Kier alpha value is -1.65. The minimum Gasteiger partial charge on any atom is -0.370 e. The maximum atomic E-state index is 12.7. The van der Waals surface area contributed by atoms with Crippen LogP contribution in [-0.2, 0) is 6.18 Å². The number of fused-ring (bicyclic) bond motifs is 1. The summed E-state index contributed by atoms with van der Waals surface area (Å²) >= 11 is 0. The molecule has 1 aliphatic rings. The van der Waals surface area contributed by atoms with Gasteiger partial charge < -0.3 is 9.88 Å². The van der Waals surface area contributed by atoms with Crippen LogP contribution < -0.4 is 4.90 Å². The van der Waals surface area contributed by atoms with E-state index in [1.807, 2.05) is 6.20 Å². The minimum absolute atomic E-state index is 0.551. The Morgan fingerprint density at radius 1 is 1.05 bits per heavy atom. The van der Waals surface area contributed by atoms with Crippen molar-refractivity contribution in [1.82, 2.24) is 4.98 Å². The van der Waals surface area contributed by atoms with E-state index in [4.69, 9.17) is 0 Å². The first kappa shape index (κ1) is 12.4. The van der Waals surface area contributed by atoms with Gasteiger partial charge in [-0.25, -0.2) is 0 Å². The number of hydrogen-bond acceptors (Lipinski definition) is 1.